The molecule has 4 N–H and O–H groups in total. The Labute approximate surface area is 188 Å². The fraction of sp³-hybridized carbons (Fsp3) is 0.458. The van der Waals surface area contributed by atoms with Crippen LogP contribution in [0.4, 0.5) is 10.6 Å². The lowest BCUT2D eigenvalue weighted by atomic mass is 10.1. The van der Waals surface area contributed by atoms with Gasteiger partial charge in [0.2, 0.25) is 0 Å². The molecule has 2 amide bonds. The molecule has 1 fully saturated rings. The number of pyridine rings is 1. The molecule has 170 valence electrons. The second-order valence-corrected chi connectivity index (χ2v) is 8.31. The van der Waals surface area contributed by atoms with Crippen LogP contribution in [0.25, 0.3) is 11.0 Å². The molecule has 0 spiro atoms. The number of nitrogens with zero attached hydrogens (tertiary/aromatic N) is 3. The smallest absolute Gasteiger partial charge is 0.315 e. The van der Waals surface area contributed by atoms with Crippen LogP contribution >= 0.6 is 0 Å². The zero-order valence-electron chi connectivity index (χ0n) is 18.8. The molecule has 1 aliphatic rings. The van der Waals surface area contributed by atoms with Crippen LogP contribution in [0.5, 0.6) is 0 Å². The molecule has 8 nitrogen and oxygen atoms in total. The summed E-state index contributed by atoms with van der Waals surface area (Å²) in [6.45, 7) is 6.46. The minimum absolute atomic E-state index is 0.0896. The molecule has 0 radical (unpaired) electrons. The summed E-state index contributed by atoms with van der Waals surface area (Å²) in [5.74, 6) is 1.73. The van der Waals surface area contributed by atoms with Crippen molar-refractivity contribution in [2.24, 2.45) is 0 Å². The fourth-order valence-electron chi connectivity index (χ4n) is 4.15. The van der Waals surface area contributed by atoms with Gasteiger partial charge in [0.1, 0.15) is 17.9 Å². The number of nitrogen functional groups attached to an aromatic ring is 1. The number of benzene rings is 1. The monoisotopic (exact) mass is 436 g/mol. The first kappa shape index (κ1) is 22.1. The highest BCUT2D eigenvalue weighted by Gasteiger charge is 2.39. The molecule has 2 heterocycles. The lowest BCUT2D eigenvalue weighted by molar-refractivity contribution is 0.126. The van der Waals surface area contributed by atoms with Gasteiger partial charge in [0.15, 0.2) is 5.82 Å². The first-order valence-electron chi connectivity index (χ1n) is 11.4. The number of unbranched alkanes of at least 4 members (excludes halogenated alkanes) is 1. The predicted molar refractivity (Wildman–Crippen MR) is 125 cm³/mol. The number of rotatable bonds is 10. The summed E-state index contributed by atoms with van der Waals surface area (Å²) in [4.78, 5) is 21.1. The maximum atomic E-state index is 12.2. The molecule has 1 aromatic carbocycles. The third-order valence-electron chi connectivity index (χ3n) is 5.92. The summed E-state index contributed by atoms with van der Waals surface area (Å²) in [6.07, 6.45) is 4.56. The van der Waals surface area contributed by atoms with E-state index >= 15 is 0 Å². The van der Waals surface area contributed by atoms with E-state index in [9.17, 15) is 4.79 Å². The van der Waals surface area contributed by atoms with Crippen molar-refractivity contribution in [2.75, 3.05) is 18.9 Å². The van der Waals surface area contributed by atoms with Gasteiger partial charge >= 0.3 is 6.03 Å². The van der Waals surface area contributed by atoms with Crippen LogP contribution in [0.3, 0.4) is 0 Å². The van der Waals surface area contributed by atoms with Gasteiger partial charge in [0, 0.05) is 37.9 Å². The summed E-state index contributed by atoms with van der Waals surface area (Å²) in [5.41, 5.74) is 10.1. The summed E-state index contributed by atoms with van der Waals surface area (Å²) >= 11 is 0. The molecule has 0 bridgehead atoms. The minimum Gasteiger partial charge on any atom is -0.382 e. The zero-order valence-corrected chi connectivity index (χ0v) is 18.8. The van der Waals surface area contributed by atoms with Crippen LogP contribution in [0, 0.1) is 6.92 Å². The summed E-state index contributed by atoms with van der Waals surface area (Å²) in [5, 5.41) is 6.06. The van der Waals surface area contributed by atoms with Crippen LogP contribution in [0.2, 0.25) is 0 Å². The van der Waals surface area contributed by atoms with Gasteiger partial charge in [0.05, 0.1) is 5.52 Å². The molecule has 0 aliphatic heterocycles. The number of nitrogens with one attached hydrogen (secondary N) is 2. The van der Waals surface area contributed by atoms with Gasteiger partial charge in [-0.25, -0.2) is 14.8 Å². The lowest BCUT2D eigenvalue weighted by Gasteiger charge is -2.11. The average Bonchev–Trinajstić information content (AvgIpc) is 3.46. The highest BCUT2D eigenvalue weighted by Crippen LogP contribution is 2.40. The van der Waals surface area contributed by atoms with Gasteiger partial charge in [-0.05, 0) is 44.2 Å². The van der Waals surface area contributed by atoms with E-state index in [1.54, 1.807) is 6.20 Å². The highest BCUT2D eigenvalue weighted by atomic mass is 16.5. The number of carbonyl (C=O) groups excluding carboxylic acids is 1. The number of ether oxygens (including phenoxy) is 1. The van der Waals surface area contributed by atoms with E-state index in [1.165, 1.54) is 5.56 Å². The van der Waals surface area contributed by atoms with Crippen LogP contribution in [-0.4, -0.2) is 39.8 Å². The maximum absolute atomic E-state index is 12.2. The molecule has 4 rings (SSSR count). The van der Waals surface area contributed by atoms with Crippen molar-refractivity contribution in [3.05, 3.63) is 53.5 Å². The van der Waals surface area contributed by atoms with Gasteiger partial charge in [-0.1, -0.05) is 30.3 Å². The Bertz CT molecular complexity index is 1070. The molecule has 1 saturated carbocycles. The molecule has 0 saturated heterocycles. The number of anilines is 1. The van der Waals surface area contributed by atoms with Crippen LogP contribution < -0.4 is 16.4 Å². The number of amides is 2. The van der Waals surface area contributed by atoms with Crippen LogP contribution in [0.1, 0.15) is 49.1 Å². The van der Waals surface area contributed by atoms with Crippen molar-refractivity contribution in [1.82, 2.24) is 25.2 Å². The standard InChI is InChI=1S/C24H32N6O2/c1-3-32-15-20-29-21-22(16(2)14-27-23(21)25)30(20)12-8-7-11-26-24(31)28-19-13-18(19)17-9-5-4-6-10-17/h4-6,9-10,14,18-19H,3,7-8,11-13,15H2,1-2H3,(H2,25,27)(H2,26,28,31)/t18-,19+/m0/s1. The van der Waals surface area contributed by atoms with E-state index in [0.29, 0.717) is 31.5 Å². The molecule has 2 aromatic heterocycles. The number of aryl methyl sites for hydroxylation is 2. The van der Waals surface area contributed by atoms with Gasteiger partial charge in [-0.2, -0.15) is 0 Å². The van der Waals surface area contributed by atoms with Crippen molar-refractivity contribution >= 4 is 22.9 Å². The summed E-state index contributed by atoms with van der Waals surface area (Å²) < 4.78 is 7.78. The number of urea groups is 1. The quantitative estimate of drug-likeness (QED) is 0.422. The number of carbonyl (C=O) groups is 1. The number of imidazole rings is 1. The summed E-state index contributed by atoms with van der Waals surface area (Å²) in [6, 6.07) is 10.5. The third-order valence-corrected chi connectivity index (χ3v) is 5.92. The Kier molecular flexibility index (Phi) is 6.90. The van der Waals surface area contributed by atoms with E-state index in [-0.39, 0.29) is 12.1 Å². The lowest BCUT2D eigenvalue weighted by Crippen LogP contribution is -2.37. The molecular formula is C24H32N6O2. The predicted octanol–water partition coefficient (Wildman–Crippen LogP) is 3.49. The number of hydrogen-bond acceptors (Lipinski definition) is 5. The number of aromatic nitrogens is 3. The summed E-state index contributed by atoms with van der Waals surface area (Å²) in [7, 11) is 0. The van der Waals surface area contributed by atoms with Crippen molar-refractivity contribution < 1.29 is 9.53 Å². The van der Waals surface area contributed by atoms with Gasteiger partial charge < -0.3 is 25.7 Å². The van der Waals surface area contributed by atoms with Gasteiger partial charge in [0.25, 0.3) is 0 Å². The second-order valence-electron chi connectivity index (χ2n) is 8.31. The Morgan fingerprint density at radius 3 is 2.88 bits per heavy atom. The topological polar surface area (TPSA) is 107 Å². The van der Waals surface area contributed by atoms with Crippen molar-refractivity contribution in [3.8, 4) is 0 Å². The Hall–Kier alpha value is -3.13. The average molecular weight is 437 g/mol. The maximum Gasteiger partial charge on any atom is 0.315 e. The number of nitrogens with two attached hydrogens (primary N) is 1. The van der Waals surface area contributed by atoms with Crippen LogP contribution in [0.15, 0.2) is 36.5 Å². The molecule has 32 heavy (non-hydrogen) atoms. The molecule has 8 heteroatoms. The molecule has 0 unspecified atom stereocenters. The van der Waals surface area contributed by atoms with E-state index in [2.05, 4.69) is 37.3 Å². The first-order valence-corrected chi connectivity index (χ1v) is 11.4. The zero-order chi connectivity index (χ0) is 22.5. The van der Waals surface area contributed by atoms with Crippen LogP contribution in [-0.2, 0) is 17.9 Å². The molecule has 3 aromatic rings. The van der Waals surface area contributed by atoms with Crippen molar-refractivity contribution in [1.29, 1.82) is 0 Å². The van der Waals surface area contributed by atoms with Crippen molar-refractivity contribution in [2.45, 2.75) is 58.2 Å². The fourth-order valence-corrected chi connectivity index (χ4v) is 4.15. The number of fused-ring (bicyclic) bond motifs is 1. The SMILES string of the molecule is CCOCc1nc2c(N)ncc(C)c2n1CCCCNC(=O)N[C@@H]1C[C@H]1c1ccccc1. The first-order chi connectivity index (χ1) is 15.6. The molecule has 2 atom stereocenters. The van der Waals surface area contributed by atoms with E-state index in [0.717, 1.165) is 48.2 Å². The van der Waals surface area contributed by atoms with Gasteiger partial charge in [-0.15, -0.1) is 0 Å². The number of hydrogen-bond donors (Lipinski definition) is 3. The van der Waals surface area contributed by atoms with E-state index < -0.39 is 0 Å². The molecule has 1 aliphatic carbocycles. The Morgan fingerprint density at radius 1 is 1.28 bits per heavy atom. The Balaban J connectivity index is 1.26. The second kappa shape index (κ2) is 9.99. The normalized spacial score (nSPS) is 17.4. The minimum atomic E-state index is -0.0896. The van der Waals surface area contributed by atoms with E-state index in [4.69, 9.17) is 10.5 Å². The van der Waals surface area contributed by atoms with E-state index in [1.807, 2.05) is 32.0 Å². The largest absolute Gasteiger partial charge is 0.382 e. The third kappa shape index (κ3) is 5.02. The van der Waals surface area contributed by atoms with Crippen molar-refractivity contribution in [3.63, 3.8) is 0 Å². The van der Waals surface area contributed by atoms with Gasteiger partial charge in [-0.3, -0.25) is 0 Å². The Morgan fingerprint density at radius 2 is 2.09 bits per heavy atom. The molecular weight excluding hydrogens is 404 g/mol. The highest BCUT2D eigenvalue weighted by molar-refractivity contribution is 5.87.